The summed E-state index contributed by atoms with van der Waals surface area (Å²) in [6.45, 7) is 0. The quantitative estimate of drug-likeness (QED) is 0.510. The molecule has 0 fully saturated rings. The van der Waals surface area contributed by atoms with E-state index in [0.29, 0.717) is 6.07 Å². The lowest BCUT2D eigenvalue weighted by Gasteiger charge is -2.06. The molecule has 0 aliphatic carbocycles. The van der Waals surface area contributed by atoms with E-state index in [9.17, 15) is 13.9 Å². The van der Waals surface area contributed by atoms with Gasteiger partial charge in [0.05, 0.1) is 0 Å². The monoisotopic (exact) mass is 255 g/mol. The Hall–Kier alpha value is -0.390. The summed E-state index contributed by atoms with van der Waals surface area (Å²) in [6, 6.07) is 1.51. The third kappa shape index (κ3) is 1.36. The zero-order valence-electron chi connectivity index (χ0n) is 4.70. The summed E-state index contributed by atoms with van der Waals surface area (Å²) in [4.78, 5) is 0. The predicted molar refractivity (Wildman–Crippen MR) is 38.5 cm³/mol. The minimum absolute atomic E-state index is 0.143. The SMILES string of the molecule is [O-]c1cc(I)c(F)cc1F. The fourth-order valence-corrected chi connectivity index (χ4v) is 0.943. The lowest BCUT2D eigenvalue weighted by molar-refractivity contribution is -0.272. The third-order valence-electron chi connectivity index (χ3n) is 0.975. The summed E-state index contributed by atoms with van der Waals surface area (Å²) in [5.41, 5.74) is 0. The first kappa shape index (κ1) is 7.71. The standard InChI is InChI=1S/C6H3F2IO/c7-3-1-4(8)6(10)2-5(3)9/h1-2,10H/p-1. The molecule has 0 saturated carbocycles. The van der Waals surface area contributed by atoms with Crippen molar-refractivity contribution in [2.45, 2.75) is 0 Å². The van der Waals surface area contributed by atoms with E-state index in [1.807, 2.05) is 0 Å². The maximum absolute atomic E-state index is 12.4. The Balaban J connectivity index is 3.28. The van der Waals surface area contributed by atoms with Crippen LogP contribution in [0, 0.1) is 15.2 Å². The molecule has 4 heteroatoms. The molecule has 0 bridgehead atoms. The Kier molecular flexibility index (Phi) is 2.08. The van der Waals surface area contributed by atoms with Crippen molar-refractivity contribution < 1.29 is 13.9 Å². The van der Waals surface area contributed by atoms with Crippen molar-refractivity contribution in [2.24, 2.45) is 0 Å². The fraction of sp³-hybridized carbons (Fsp3) is 0. The molecule has 0 saturated heterocycles. The van der Waals surface area contributed by atoms with Crippen LogP contribution >= 0.6 is 22.6 Å². The highest BCUT2D eigenvalue weighted by Gasteiger charge is 2.00. The minimum Gasteiger partial charge on any atom is -0.870 e. The van der Waals surface area contributed by atoms with Crippen molar-refractivity contribution in [3.05, 3.63) is 27.3 Å². The van der Waals surface area contributed by atoms with Crippen LogP contribution in [0.5, 0.6) is 5.75 Å². The number of halogens is 3. The summed E-state index contributed by atoms with van der Waals surface area (Å²) >= 11 is 1.62. The molecular formula is C6H2F2IO-. The van der Waals surface area contributed by atoms with Gasteiger partial charge in [0.2, 0.25) is 0 Å². The molecule has 0 aliphatic heterocycles. The van der Waals surface area contributed by atoms with Crippen molar-refractivity contribution in [1.82, 2.24) is 0 Å². The van der Waals surface area contributed by atoms with Crippen molar-refractivity contribution in [1.29, 1.82) is 0 Å². The second kappa shape index (κ2) is 2.69. The molecule has 0 aromatic heterocycles. The van der Waals surface area contributed by atoms with Crippen LogP contribution < -0.4 is 5.11 Å². The smallest absolute Gasteiger partial charge is 0.139 e. The zero-order chi connectivity index (χ0) is 7.72. The van der Waals surface area contributed by atoms with E-state index < -0.39 is 17.4 Å². The predicted octanol–water partition coefficient (Wildman–Crippen LogP) is 1.64. The average Bonchev–Trinajstić information content (AvgIpc) is 1.84. The maximum atomic E-state index is 12.4. The van der Waals surface area contributed by atoms with E-state index in [2.05, 4.69) is 0 Å². The third-order valence-corrected chi connectivity index (χ3v) is 1.80. The molecule has 0 amide bonds. The lowest BCUT2D eigenvalue weighted by atomic mass is 10.3. The molecule has 1 rings (SSSR count). The van der Waals surface area contributed by atoms with Gasteiger partial charge in [0.15, 0.2) is 0 Å². The Labute approximate surface area is 69.8 Å². The second-order valence-corrected chi connectivity index (χ2v) is 2.86. The average molecular weight is 255 g/mol. The van der Waals surface area contributed by atoms with E-state index >= 15 is 0 Å². The van der Waals surface area contributed by atoms with Crippen LogP contribution in [0.4, 0.5) is 8.78 Å². The summed E-state index contributed by atoms with van der Waals surface area (Å²) in [5, 5.41) is 10.4. The van der Waals surface area contributed by atoms with Gasteiger partial charge in [-0.25, -0.2) is 8.78 Å². The molecule has 0 heterocycles. The summed E-state index contributed by atoms with van der Waals surface area (Å²) < 4.78 is 24.7. The van der Waals surface area contributed by atoms with Gasteiger partial charge in [0, 0.05) is 9.64 Å². The molecule has 0 spiro atoms. The first-order chi connectivity index (χ1) is 4.61. The van der Waals surface area contributed by atoms with Crippen LogP contribution in [0.3, 0.4) is 0 Å². The molecule has 0 aliphatic rings. The number of hydrogen-bond acceptors (Lipinski definition) is 1. The Bertz CT molecular complexity index is 212. The van der Waals surface area contributed by atoms with Gasteiger partial charge >= 0.3 is 0 Å². The zero-order valence-corrected chi connectivity index (χ0v) is 6.85. The van der Waals surface area contributed by atoms with Crippen LogP contribution in [-0.2, 0) is 0 Å². The van der Waals surface area contributed by atoms with Crippen molar-refractivity contribution >= 4 is 22.6 Å². The first-order valence-corrected chi connectivity index (χ1v) is 3.50. The molecule has 10 heavy (non-hydrogen) atoms. The van der Waals surface area contributed by atoms with E-state index in [0.717, 1.165) is 6.07 Å². The molecule has 0 N–H and O–H groups in total. The number of hydrogen-bond donors (Lipinski definition) is 0. The summed E-state index contributed by atoms with van der Waals surface area (Å²) in [5.74, 6) is -2.51. The van der Waals surface area contributed by atoms with Gasteiger partial charge in [-0.1, -0.05) is 11.8 Å². The van der Waals surface area contributed by atoms with Crippen LogP contribution in [0.15, 0.2) is 12.1 Å². The number of benzene rings is 1. The fourth-order valence-electron chi connectivity index (χ4n) is 0.504. The van der Waals surface area contributed by atoms with Crippen LogP contribution in [0.1, 0.15) is 0 Å². The topological polar surface area (TPSA) is 23.1 Å². The molecular weight excluding hydrogens is 253 g/mol. The second-order valence-electron chi connectivity index (χ2n) is 1.70. The highest BCUT2D eigenvalue weighted by Crippen LogP contribution is 2.18. The van der Waals surface area contributed by atoms with Gasteiger partial charge in [0.25, 0.3) is 0 Å². The van der Waals surface area contributed by atoms with Gasteiger partial charge in [-0.3, -0.25) is 0 Å². The Morgan fingerprint density at radius 1 is 1.20 bits per heavy atom. The van der Waals surface area contributed by atoms with Crippen molar-refractivity contribution in [3.8, 4) is 5.75 Å². The van der Waals surface area contributed by atoms with Crippen LogP contribution in [0.25, 0.3) is 0 Å². The first-order valence-electron chi connectivity index (χ1n) is 2.43. The Morgan fingerprint density at radius 2 is 1.80 bits per heavy atom. The van der Waals surface area contributed by atoms with Crippen LogP contribution in [-0.4, -0.2) is 0 Å². The van der Waals surface area contributed by atoms with Gasteiger partial charge in [0.1, 0.15) is 11.6 Å². The normalized spacial score (nSPS) is 9.90. The minimum atomic E-state index is -1.04. The number of rotatable bonds is 0. The molecule has 1 aromatic rings. The molecule has 0 atom stereocenters. The summed E-state index contributed by atoms with van der Waals surface area (Å²) in [7, 11) is 0. The van der Waals surface area contributed by atoms with E-state index in [-0.39, 0.29) is 3.57 Å². The highest BCUT2D eigenvalue weighted by molar-refractivity contribution is 14.1. The largest absolute Gasteiger partial charge is 0.870 e. The van der Waals surface area contributed by atoms with Gasteiger partial charge in [-0.15, -0.1) is 0 Å². The Morgan fingerprint density at radius 3 is 2.30 bits per heavy atom. The molecule has 1 nitrogen and oxygen atoms in total. The molecule has 0 unspecified atom stereocenters. The molecule has 54 valence electrons. The highest BCUT2D eigenvalue weighted by atomic mass is 127. The van der Waals surface area contributed by atoms with Crippen LogP contribution in [0.2, 0.25) is 0 Å². The molecule has 0 radical (unpaired) electrons. The van der Waals surface area contributed by atoms with Crippen molar-refractivity contribution in [3.63, 3.8) is 0 Å². The summed E-state index contributed by atoms with van der Waals surface area (Å²) in [6.07, 6.45) is 0. The van der Waals surface area contributed by atoms with E-state index in [1.165, 1.54) is 0 Å². The van der Waals surface area contributed by atoms with Crippen molar-refractivity contribution in [2.75, 3.05) is 0 Å². The van der Waals surface area contributed by atoms with E-state index in [1.54, 1.807) is 22.6 Å². The van der Waals surface area contributed by atoms with E-state index in [4.69, 9.17) is 0 Å². The van der Waals surface area contributed by atoms with Gasteiger partial charge in [-0.05, 0) is 22.6 Å². The lowest BCUT2D eigenvalue weighted by Crippen LogP contribution is -1.96. The maximum Gasteiger partial charge on any atom is 0.139 e. The van der Waals surface area contributed by atoms with Gasteiger partial charge < -0.3 is 5.11 Å². The van der Waals surface area contributed by atoms with Gasteiger partial charge in [-0.2, -0.15) is 0 Å². The molecule has 1 aromatic carbocycles.